The van der Waals surface area contributed by atoms with Crippen LogP contribution in [0.5, 0.6) is 11.5 Å². The number of sulfonamides is 1. The standard InChI is InChI=1S/C22H26FNO5S/c1-2-28-22(25)15-16-24(18-5-3-4-6-18)30(26,27)21-13-11-20(12-14-21)29-19-9-7-17(23)8-10-19/h7-14,18H,2-6,15-16H2,1H3. The number of benzene rings is 2. The summed E-state index contributed by atoms with van der Waals surface area (Å²) >= 11 is 0. The van der Waals surface area contributed by atoms with Gasteiger partial charge in [0.1, 0.15) is 17.3 Å². The summed E-state index contributed by atoms with van der Waals surface area (Å²) in [5.74, 6) is 0.130. The number of nitrogens with zero attached hydrogens (tertiary/aromatic N) is 1. The van der Waals surface area contributed by atoms with Crippen molar-refractivity contribution in [1.29, 1.82) is 0 Å². The lowest BCUT2D eigenvalue weighted by Gasteiger charge is -2.28. The normalized spacial score (nSPS) is 14.8. The third kappa shape index (κ3) is 5.58. The van der Waals surface area contributed by atoms with E-state index in [0.717, 1.165) is 25.7 Å². The third-order valence-corrected chi connectivity index (χ3v) is 7.02. The molecule has 0 amide bonds. The maximum atomic E-state index is 13.3. The molecule has 0 aliphatic heterocycles. The zero-order valence-corrected chi connectivity index (χ0v) is 17.7. The van der Waals surface area contributed by atoms with E-state index < -0.39 is 16.0 Å². The molecule has 0 radical (unpaired) electrons. The second-order valence-corrected chi connectivity index (χ2v) is 9.03. The van der Waals surface area contributed by atoms with Gasteiger partial charge in [0.15, 0.2) is 0 Å². The summed E-state index contributed by atoms with van der Waals surface area (Å²) in [6, 6.07) is 11.6. The lowest BCUT2D eigenvalue weighted by molar-refractivity contribution is -0.143. The first-order valence-electron chi connectivity index (χ1n) is 10.1. The van der Waals surface area contributed by atoms with Gasteiger partial charge in [-0.05, 0) is 68.3 Å². The molecule has 1 aliphatic carbocycles. The third-order valence-electron chi connectivity index (χ3n) is 5.05. The Labute approximate surface area is 176 Å². The molecule has 1 fully saturated rings. The van der Waals surface area contributed by atoms with Gasteiger partial charge in [0.05, 0.1) is 17.9 Å². The average molecular weight is 436 g/mol. The van der Waals surface area contributed by atoms with Gasteiger partial charge in [0, 0.05) is 12.6 Å². The summed E-state index contributed by atoms with van der Waals surface area (Å²) in [6.45, 7) is 2.09. The number of rotatable bonds is 9. The van der Waals surface area contributed by atoms with Crippen LogP contribution in [0.2, 0.25) is 0 Å². The number of ether oxygens (including phenoxy) is 2. The predicted molar refractivity (Wildman–Crippen MR) is 110 cm³/mol. The second kappa shape index (κ2) is 10.0. The summed E-state index contributed by atoms with van der Waals surface area (Å²) in [6.07, 6.45) is 3.54. The van der Waals surface area contributed by atoms with Gasteiger partial charge >= 0.3 is 5.97 Å². The van der Waals surface area contributed by atoms with Crippen LogP contribution in [-0.4, -0.2) is 37.9 Å². The molecule has 162 valence electrons. The van der Waals surface area contributed by atoms with Crippen LogP contribution in [0.1, 0.15) is 39.0 Å². The van der Waals surface area contributed by atoms with Gasteiger partial charge in [-0.1, -0.05) is 12.8 Å². The summed E-state index contributed by atoms with van der Waals surface area (Å²) in [5.41, 5.74) is 0. The van der Waals surface area contributed by atoms with E-state index in [1.54, 1.807) is 19.1 Å². The lowest BCUT2D eigenvalue weighted by atomic mass is 10.2. The average Bonchev–Trinajstić information content (AvgIpc) is 3.25. The second-order valence-electron chi connectivity index (χ2n) is 7.14. The zero-order valence-electron chi connectivity index (χ0n) is 16.9. The van der Waals surface area contributed by atoms with Crippen molar-refractivity contribution < 1.29 is 27.1 Å². The van der Waals surface area contributed by atoms with E-state index in [1.165, 1.54) is 40.7 Å². The smallest absolute Gasteiger partial charge is 0.307 e. The first-order valence-corrected chi connectivity index (χ1v) is 11.5. The quantitative estimate of drug-likeness (QED) is 0.542. The maximum absolute atomic E-state index is 13.3. The summed E-state index contributed by atoms with van der Waals surface area (Å²) < 4.78 is 51.6. The van der Waals surface area contributed by atoms with E-state index >= 15 is 0 Å². The van der Waals surface area contributed by atoms with Crippen LogP contribution in [-0.2, 0) is 19.6 Å². The van der Waals surface area contributed by atoms with Gasteiger partial charge in [-0.15, -0.1) is 0 Å². The molecule has 1 saturated carbocycles. The molecule has 2 aromatic rings. The molecule has 0 bridgehead atoms. The maximum Gasteiger partial charge on any atom is 0.307 e. The number of halogens is 1. The van der Waals surface area contributed by atoms with Crippen LogP contribution in [0.3, 0.4) is 0 Å². The molecular weight excluding hydrogens is 409 g/mol. The van der Waals surface area contributed by atoms with Gasteiger partial charge in [0.25, 0.3) is 0 Å². The summed E-state index contributed by atoms with van der Waals surface area (Å²) in [4.78, 5) is 11.9. The van der Waals surface area contributed by atoms with E-state index in [0.29, 0.717) is 11.5 Å². The van der Waals surface area contributed by atoms with Crippen LogP contribution < -0.4 is 4.74 Å². The molecule has 30 heavy (non-hydrogen) atoms. The van der Waals surface area contributed by atoms with Crippen molar-refractivity contribution in [1.82, 2.24) is 4.31 Å². The van der Waals surface area contributed by atoms with Crippen molar-refractivity contribution in [3.05, 3.63) is 54.3 Å². The Morgan fingerprint density at radius 3 is 2.17 bits per heavy atom. The minimum atomic E-state index is -3.77. The van der Waals surface area contributed by atoms with Crippen LogP contribution in [0.4, 0.5) is 4.39 Å². The Kier molecular flexibility index (Phi) is 7.44. The molecule has 0 atom stereocenters. The van der Waals surface area contributed by atoms with Crippen molar-refractivity contribution in [3.63, 3.8) is 0 Å². The van der Waals surface area contributed by atoms with Gasteiger partial charge in [0.2, 0.25) is 10.0 Å². The highest BCUT2D eigenvalue weighted by Gasteiger charge is 2.33. The Bertz CT molecular complexity index is 938. The fraction of sp³-hybridized carbons (Fsp3) is 0.409. The van der Waals surface area contributed by atoms with Crippen LogP contribution >= 0.6 is 0 Å². The molecule has 0 aromatic heterocycles. The van der Waals surface area contributed by atoms with Gasteiger partial charge in [-0.25, -0.2) is 12.8 Å². The fourth-order valence-corrected chi connectivity index (χ4v) is 5.27. The summed E-state index contributed by atoms with van der Waals surface area (Å²) in [7, 11) is -3.77. The van der Waals surface area contributed by atoms with Gasteiger partial charge in [-0.3, -0.25) is 4.79 Å². The molecule has 8 heteroatoms. The van der Waals surface area contributed by atoms with Crippen LogP contribution in [0, 0.1) is 5.82 Å². The number of esters is 1. The molecule has 1 aliphatic rings. The van der Waals surface area contributed by atoms with E-state index in [4.69, 9.17) is 9.47 Å². The number of hydrogen-bond donors (Lipinski definition) is 0. The van der Waals surface area contributed by atoms with Crippen molar-refractivity contribution in [2.75, 3.05) is 13.2 Å². The SMILES string of the molecule is CCOC(=O)CCN(C1CCCC1)S(=O)(=O)c1ccc(Oc2ccc(F)cc2)cc1. The predicted octanol–water partition coefficient (Wildman–Crippen LogP) is 4.50. The molecular formula is C22H26FNO5S. The fourth-order valence-electron chi connectivity index (χ4n) is 3.58. The van der Waals surface area contributed by atoms with Gasteiger partial charge < -0.3 is 9.47 Å². The molecule has 0 N–H and O–H groups in total. The molecule has 3 rings (SSSR count). The number of carbonyl (C=O) groups is 1. The lowest BCUT2D eigenvalue weighted by Crippen LogP contribution is -2.40. The van der Waals surface area contributed by atoms with E-state index in [9.17, 15) is 17.6 Å². The van der Waals surface area contributed by atoms with E-state index in [1.807, 2.05) is 0 Å². The minimum absolute atomic E-state index is 0.0231. The Morgan fingerprint density at radius 2 is 1.60 bits per heavy atom. The molecule has 0 spiro atoms. The highest BCUT2D eigenvalue weighted by Crippen LogP contribution is 2.30. The first-order chi connectivity index (χ1) is 14.4. The first kappa shape index (κ1) is 22.2. The molecule has 0 heterocycles. The highest BCUT2D eigenvalue weighted by atomic mass is 32.2. The van der Waals surface area contributed by atoms with E-state index in [-0.39, 0.29) is 36.3 Å². The largest absolute Gasteiger partial charge is 0.466 e. The van der Waals surface area contributed by atoms with Gasteiger partial charge in [-0.2, -0.15) is 4.31 Å². The van der Waals surface area contributed by atoms with Crippen molar-refractivity contribution in [2.45, 2.75) is 50.0 Å². The topological polar surface area (TPSA) is 72.9 Å². The number of hydrogen-bond acceptors (Lipinski definition) is 5. The molecule has 6 nitrogen and oxygen atoms in total. The Morgan fingerprint density at radius 1 is 1.03 bits per heavy atom. The molecule has 0 saturated heterocycles. The van der Waals surface area contributed by atoms with Crippen LogP contribution in [0.25, 0.3) is 0 Å². The van der Waals surface area contributed by atoms with Crippen molar-refractivity contribution >= 4 is 16.0 Å². The number of carbonyl (C=O) groups excluding carboxylic acids is 1. The minimum Gasteiger partial charge on any atom is -0.466 e. The Balaban J connectivity index is 1.75. The van der Waals surface area contributed by atoms with Crippen LogP contribution in [0.15, 0.2) is 53.4 Å². The molecule has 2 aromatic carbocycles. The highest BCUT2D eigenvalue weighted by molar-refractivity contribution is 7.89. The monoisotopic (exact) mass is 435 g/mol. The van der Waals surface area contributed by atoms with E-state index in [2.05, 4.69) is 0 Å². The van der Waals surface area contributed by atoms with Crippen molar-refractivity contribution in [3.8, 4) is 11.5 Å². The molecule has 0 unspecified atom stereocenters. The zero-order chi connectivity index (χ0) is 21.6. The summed E-state index contributed by atoms with van der Waals surface area (Å²) in [5, 5.41) is 0. The Hall–Kier alpha value is -2.45. The van der Waals surface area contributed by atoms with Crippen molar-refractivity contribution in [2.24, 2.45) is 0 Å².